The van der Waals surface area contributed by atoms with Crippen molar-refractivity contribution in [3.05, 3.63) is 112 Å². The van der Waals surface area contributed by atoms with Gasteiger partial charge in [0.25, 0.3) is 0 Å². The number of quaternary nitrogens is 2. The topological polar surface area (TPSA) is 85.3 Å². The molecule has 3 aromatic carbocycles. The molecule has 196 valence electrons. The lowest BCUT2D eigenvalue weighted by atomic mass is 9.94. The van der Waals surface area contributed by atoms with E-state index < -0.39 is 21.4 Å². The van der Waals surface area contributed by atoms with Gasteiger partial charge in [0.05, 0.1) is 37.0 Å². The maximum Gasteiger partial charge on any atom is 0.380 e. The molecule has 0 spiro atoms. The molecule has 1 fully saturated rings. The quantitative estimate of drug-likeness (QED) is 0.157. The highest BCUT2D eigenvalue weighted by Crippen LogP contribution is 2.38. The monoisotopic (exact) mass is 511 g/mol. The zero-order chi connectivity index (χ0) is 26.8. The van der Waals surface area contributed by atoms with Crippen molar-refractivity contribution in [2.45, 2.75) is 38.8 Å². The van der Waals surface area contributed by atoms with E-state index in [4.69, 9.17) is 9.82 Å². The van der Waals surface area contributed by atoms with Gasteiger partial charge in [0.2, 0.25) is 0 Å². The van der Waals surface area contributed by atoms with Crippen LogP contribution in [0.3, 0.4) is 0 Å². The number of amides is 1. The summed E-state index contributed by atoms with van der Waals surface area (Å²) in [4.78, 5) is 23.3. The van der Waals surface area contributed by atoms with Gasteiger partial charge in [0, 0.05) is 16.5 Å². The summed E-state index contributed by atoms with van der Waals surface area (Å²) in [5, 5.41) is 28.8. The van der Waals surface area contributed by atoms with Crippen molar-refractivity contribution in [3.8, 4) is 11.3 Å². The molecule has 0 saturated carbocycles. The fourth-order valence-electron chi connectivity index (χ4n) is 5.52. The zero-order valence-corrected chi connectivity index (χ0v) is 21.9. The molecule has 2 unspecified atom stereocenters. The summed E-state index contributed by atoms with van der Waals surface area (Å²) in [6.07, 6.45) is 2.69. The van der Waals surface area contributed by atoms with Crippen LogP contribution in [-0.4, -0.2) is 40.5 Å². The van der Waals surface area contributed by atoms with Crippen molar-refractivity contribution < 1.29 is 19.1 Å². The van der Waals surface area contributed by atoms with E-state index in [2.05, 4.69) is 0 Å². The maximum atomic E-state index is 14.5. The number of carbonyl (C=O) groups excluding carboxylic acids is 1. The van der Waals surface area contributed by atoms with Crippen molar-refractivity contribution >= 4 is 16.8 Å². The predicted molar refractivity (Wildman–Crippen MR) is 148 cm³/mol. The molecule has 2 heterocycles. The Bertz CT molecular complexity index is 1420. The second-order valence-corrected chi connectivity index (χ2v) is 10.1. The standard InChI is InChI=1S/C31H33N3O4/c1-23(24-14-6-3-7-15-24)34(37,38-2)31(35)29-26-18-10-11-19-28(26)32-30(25-16-8-4-9-17-25)27(29)22-33(36)20-12-5-13-21-33/h3-4,6-11,14-19,23H,5,12-13,20-22H2,1-2H3. The molecule has 2 atom stereocenters. The van der Waals surface area contributed by atoms with Crippen LogP contribution in [0.2, 0.25) is 0 Å². The Morgan fingerprint density at radius 1 is 0.947 bits per heavy atom. The van der Waals surface area contributed by atoms with Crippen LogP contribution in [0.1, 0.15) is 53.7 Å². The fourth-order valence-corrected chi connectivity index (χ4v) is 5.52. The Balaban J connectivity index is 1.76. The number of rotatable bonds is 7. The number of hydrogen-bond donors (Lipinski definition) is 0. The van der Waals surface area contributed by atoms with E-state index in [0.717, 1.165) is 24.8 Å². The van der Waals surface area contributed by atoms with Crippen LogP contribution in [0.5, 0.6) is 0 Å². The Labute approximate surface area is 223 Å². The molecular formula is C31H33N3O4. The molecule has 0 radical (unpaired) electrons. The first-order valence-electron chi connectivity index (χ1n) is 13.2. The van der Waals surface area contributed by atoms with Gasteiger partial charge in [-0.1, -0.05) is 78.9 Å². The van der Waals surface area contributed by atoms with Crippen molar-refractivity contribution in [1.82, 2.24) is 4.98 Å². The average Bonchev–Trinajstić information content (AvgIpc) is 2.96. The van der Waals surface area contributed by atoms with Crippen LogP contribution in [0.4, 0.5) is 0 Å². The minimum absolute atomic E-state index is 0.0621. The Morgan fingerprint density at radius 2 is 1.55 bits per heavy atom. The minimum atomic E-state index is -1.54. The summed E-state index contributed by atoms with van der Waals surface area (Å²) in [5.74, 6) is -0.738. The van der Waals surface area contributed by atoms with Gasteiger partial charge >= 0.3 is 5.91 Å². The van der Waals surface area contributed by atoms with E-state index in [9.17, 15) is 15.2 Å². The van der Waals surface area contributed by atoms with E-state index in [-0.39, 0.29) is 12.1 Å². The van der Waals surface area contributed by atoms with Gasteiger partial charge in [-0.2, -0.15) is 4.84 Å². The lowest BCUT2D eigenvalue weighted by molar-refractivity contribution is -1.02. The predicted octanol–water partition coefficient (Wildman–Crippen LogP) is 6.68. The van der Waals surface area contributed by atoms with Crippen LogP contribution >= 0.6 is 0 Å². The first-order valence-corrected chi connectivity index (χ1v) is 13.2. The van der Waals surface area contributed by atoms with E-state index in [0.29, 0.717) is 40.8 Å². The van der Waals surface area contributed by atoms with Gasteiger partial charge in [-0.05, 0) is 32.3 Å². The molecule has 0 bridgehead atoms. The average molecular weight is 512 g/mol. The molecule has 4 aromatic rings. The molecule has 0 N–H and O–H groups in total. The largest absolute Gasteiger partial charge is 0.633 e. The third-order valence-corrected chi connectivity index (χ3v) is 7.68. The third-order valence-electron chi connectivity index (χ3n) is 7.68. The van der Waals surface area contributed by atoms with Crippen molar-refractivity contribution in [1.29, 1.82) is 0 Å². The number of hydroxylamine groups is 7. The molecule has 5 rings (SSSR count). The maximum absolute atomic E-state index is 14.5. The van der Waals surface area contributed by atoms with Crippen LogP contribution < -0.4 is 0 Å². The molecule has 1 amide bonds. The molecule has 38 heavy (non-hydrogen) atoms. The molecule has 1 saturated heterocycles. The SMILES string of the molecule is CO[N+]([O-])(C(=O)c1c(C[N+]2([O-])CCCCC2)c(-c2ccccc2)nc2ccccc12)C(C)c1ccccc1. The highest BCUT2D eigenvalue weighted by Gasteiger charge is 2.41. The lowest BCUT2D eigenvalue weighted by Crippen LogP contribution is -2.50. The van der Waals surface area contributed by atoms with Crippen LogP contribution in [0.25, 0.3) is 22.2 Å². The highest BCUT2D eigenvalue weighted by molar-refractivity contribution is 6.06. The summed E-state index contributed by atoms with van der Waals surface area (Å²) in [7, 11) is 1.26. The molecule has 7 heteroatoms. The number of carbonyl (C=O) groups is 1. The Kier molecular flexibility index (Phi) is 7.38. The number of nitrogens with zero attached hydrogens (tertiary/aromatic N) is 3. The fraction of sp³-hybridized carbons (Fsp3) is 0.290. The van der Waals surface area contributed by atoms with E-state index >= 15 is 0 Å². The second-order valence-electron chi connectivity index (χ2n) is 10.1. The van der Waals surface area contributed by atoms with Gasteiger partial charge in [0.1, 0.15) is 18.2 Å². The number of likely N-dealkylation sites (tertiary alicyclic amines) is 1. The first-order chi connectivity index (χ1) is 18.4. The molecule has 1 aliphatic heterocycles. The number of para-hydroxylation sites is 1. The number of pyridine rings is 1. The van der Waals surface area contributed by atoms with Crippen LogP contribution in [0, 0.1) is 10.4 Å². The molecule has 7 nitrogen and oxygen atoms in total. The Morgan fingerprint density at radius 3 is 2.21 bits per heavy atom. The highest BCUT2D eigenvalue weighted by atomic mass is 16.9. The van der Waals surface area contributed by atoms with E-state index in [1.54, 1.807) is 13.0 Å². The summed E-state index contributed by atoms with van der Waals surface area (Å²) in [5.41, 5.74) is 3.35. The third kappa shape index (κ3) is 4.87. The molecule has 1 aliphatic rings. The molecule has 0 aliphatic carbocycles. The van der Waals surface area contributed by atoms with Crippen LogP contribution in [-0.2, 0) is 11.4 Å². The van der Waals surface area contributed by atoms with Crippen LogP contribution in [0.15, 0.2) is 84.9 Å². The van der Waals surface area contributed by atoms with Crippen molar-refractivity contribution in [3.63, 3.8) is 0 Å². The number of hydrogen-bond acceptors (Lipinski definition) is 5. The molecular weight excluding hydrogens is 478 g/mol. The van der Waals surface area contributed by atoms with E-state index in [1.807, 2.05) is 78.9 Å². The number of benzene rings is 3. The normalized spacial score (nSPS) is 17.6. The van der Waals surface area contributed by atoms with Gasteiger partial charge in [0.15, 0.2) is 0 Å². The Hall–Kier alpha value is -3.46. The smallest absolute Gasteiger partial charge is 0.380 e. The first kappa shape index (κ1) is 26.2. The van der Waals surface area contributed by atoms with E-state index in [1.165, 1.54) is 7.11 Å². The molecule has 1 aromatic heterocycles. The van der Waals surface area contributed by atoms with Gasteiger partial charge in [-0.25, -0.2) is 9.78 Å². The zero-order valence-electron chi connectivity index (χ0n) is 21.9. The lowest BCUT2D eigenvalue weighted by Gasteiger charge is -2.46. The van der Waals surface area contributed by atoms with Crippen molar-refractivity contribution in [2.75, 3.05) is 20.2 Å². The second kappa shape index (κ2) is 10.7. The van der Waals surface area contributed by atoms with Crippen molar-refractivity contribution in [2.24, 2.45) is 0 Å². The van der Waals surface area contributed by atoms with Gasteiger partial charge in [-0.15, -0.1) is 4.81 Å². The summed E-state index contributed by atoms with van der Waals surface area (Å²) < 4.78 is -0.444. The summed E-state index contributed by atoms with van der Waals surface area (Å²) in [6.45, 7) is 2.69. The summed E-state index contributed by atoms with van der Waals surface area (Å²) in [6, 6.07) is 25.2. The van der Waals surface area contributed by atoms with Gasteiger partial charge in [-0.3, -0.25) is 0 Å². The minimum Gasteiger partial charge on any atom is -0.633 e. The number of aromatic nitrogens is 1. The van der Waals surface area contributed by atoms with Gasteiger partial charge < -0.3 is 15.1 Å². The summed E-state index contributed by atoms with van der Waals surface area (Å²) >= 11 is 0. The number of piperidine rings is 1. The number of fused-ring (bicyclic) bond motifs is 1.